The molecule has 1 aromatic rings. The molecular weight excluding hydrogens is 198 g/mol. The SMILES string of the molecule is COc1cc(C)cc(C)c1C1CC1(C)C#N. The second-order valence-corrected chi connectivity index (χ2v) is 4.98. The smallest absolute Gasteiger partial charge is 0.122 e. The van der Waals surface area contributed by atoms with Gasteiger partial charge in [-0.15, -0.1) is 0 Å². The lowest BCUT2D eigenvalue weighted by atomic mass is 9.96. The van der Waals surface area contributed by atoms with E-state index in [4.69, 9.17) is 10.00 Å². The highest BCUT2D eigenvalue weighted by Gasteiger charge is 2.53. The van der Waals surface area contributed by atoms with Crippen LogP contribution in [0.15, 0.2) is 12.1 Å². The molecular formula is C14H17NO. The van der Waals surface area contributed by atoms with Crippen LogP contribution in [0.3, 0.4) is 0 Å². The van der Waals surface area contributed by atoms with Gasteiger partial charge >= 0.3 is 0 Å². The molecule has 0 bridgehead atoms. The molecule has 1 saturated carbocycles. The van der Waals surface area contributed by atoms with Crippen LogP contribution in [0.1, 0.15) is 36.0 Å². The van der Waals surface area contributed by atoms with Crippen molar-refractivity contribution in [3.63, 3.8) is 0 Å². The first-order valence-electron chi connectivity index (χ1n) is 5.58. The lowest BCUT2D eigenvalue weighted by molar-refractivity contribution is 0.407. The molecule has 1 aliphatic carbocycles. The van der Waals surface area contributed by atoms with E-state index in [1.54, 1.807) is 7.11 Å². The number of ether oxygens (including phenoxy) is 1. The van der Waals surface area contributed by atoms with E-state index >= 15 is 0 Å². The third-order valence-electron chi connectivity index (χ3n) is 3.55. The van der Waals surface area contributed by atoms with Crippen LogP contribution < -0.4 is 4.74 Å². The molecule has 0 amide bonds. The summed E-state index contributed by atoms with van der Waals surface area (Å²) in [6, 6.07) is 6.62. The second kappa shape index (κ2) is 3.52. The van der Waals surface area contributed by atoms with Crippen molar-refractivity contribution in [2.45, 2.75) is 33.1 Å². The van der Waals surface area contributed by atoms with Crippen LogP contribution in [0, 0.1) is 30.6 Å². The summed E-state index contributed by atoms with van der Waals surface area (Å²) in [5, 5.41) is 9.12. The van der Waals surface area contributed by atoms with Crippen molar-refractivity contribution < 1.29 is 4.74 Å². The van der Waals surface area contributed by atoms with Gasteiger partial charge in [0.2, 0.25) is 0 Å². The van der Waals surface area contributed by atoms with Gasteiger partial charge in [0, 0.05) is 11.5 Å². The maximum atomic E-state index is 9.12. The van der Waals surface area contributed by atoms with Crippen LogP contribution in [0.2, 0.25) is 0 Å². The molecule has 0 saturated heterocycles. The predicted molar refractivity (Wildman–Crippen MR) is 63.5 cm³/mol. The Balaban J connectivity index is 2.47. The maximum absolute atomic E-state index is 9.12. The van der Waals surface area contributed by atoms with Crippen molar-refractivity contribution in [2.24, 2.45) is 5.41 Å². The fourth-order valence-electron chi connectivity index (χ4n) is 2.46. The molecule has 0 aromatic heterocycles. The summed E-state index contributed by atoms with van der Waals surface area (Å²) in [5.41, 5.74) is 3.48. The van der Waals surface area contributed by atoms with E-state index < -0.39 is 0 Å². The summed E-state index contributed by atoms with van der Waals surface area (Å²) in [6.07, 6.45) is 0.948. The monoisotopic (exact) mass is 215 g/mol. The molecule has 2 rings (SSSR count). The van der Waals surface area contributed by atoms with E-state index in [0.29, 0.717) is 5.92 Å². The molecule has 2 heteroatoms. The fraction of sp³-hybridized carbons (Fsp3) is 0.500. The van der Waals surface area contributed by atoms with Gasteiger partial charge in [-0.3, -0.25) is 0 Å². The van der Waals surface area contributed by atoms with Crippen molar-refractivity contribution in [2.75, 3.05) is 7.11 Å². The Morgan fingerprint density at radius 1 is 1.44 bits per heavy atom. The number of nitriles is 1. The highest BCUT2D eigenvalue weighted by atomic mass is 16.5. The second-order valence-electron chi connectivity index (χ2n) is 4.98. The van der Waals surface area contributed by atoms with Crippen molar-refractivity contribution in [1.29, 1.82) is 5.26 Å². The van der Waals surface area contributed by atoms with Crippen LogP contribution in [0.25, 0.3) is 0 Å². The molecule has 2 unspecified atom stereocenters. The molecule has 0 radical (unpaired) electrons. The minimum Gasteiger partial charge on any atom is -0.496 e. The standard InChI is InChI=1S/C14H17NO/c1-9-5-10(2)13(12(6-9)16-4)11-7-14(11,3)8-15/h5-6,11H,7H2,1-4H3. The Morgan fingerprint density at radius 2 is 2.12 bits per heavy atom. The number of nitrogens with zero attached hydrogens (tertiary/aromatic N) is 1. The van der Waals surface area contributed by atoms with Crippen LogP contribution in [-0.2, 0) is 0 Å². The first-order valence-corrected chi connectivity index (χ1v) is 5.58. The zero-order valence-electron chi connectivity index (χ0n) is 10.3. The van der Waals surface area contributed by atoms with Gasteiger partial charge < -0.3 is 4.74 Å². The topological polar surface area (TPSA) is 33.0 Å². The minimum atomic E-state index is -0.187. The lowest BCUT2D eigenvalue weighted by Gasteiger charge is -2.13. The van der Waals surface area contributed by atoms with E-state index in [9.17, 15) is 0 Å². The normalized spacial score (nSPS) is 27.3. The number of hydrogen-bond donors (Lipinski definition) is 0. The van der Waals surface area contributed by atoms with Gasteiger partial charge in [-0.1, -0.05) is 6.07 Å². The Hall–Kier alpha value is -1.49. The highest BCUT2D eigenvalue weighted by Crippen LogP contribution is 2.61. The first-order chi connectivity index (χ1) is 7.51. The molecule has 16 heavy (non-hydrogen) atoms. The lowest BCUT2D eigenvalue weighted by Crippen LogP contribution is -1.99. The third kappa shape index (κ3) is 1.57. The van der Waals surface area contributed by atoms with E-state index in [1.807, 2.05) is 6.92 Å². The Kier molecular flexibility index (Phi) is 2.42. The first kappa shape index (κ1) is 11.0. The summed E-state index contributed by atoms with van der Waals surface area (Å²) in [5.74, 6) is 1.27. The van der Waals surface area contributed by atoms with Crippen molar-refractivity contribution in [3.8, 4) is 11.8 Å². The zero-order valence-corrected chi connectivity index (χ0v) is 10.3. The van der Waals surface area contributed by atoms with Gasteiger partial charge in [0.05, 0.1) is 18.6 Å². The van der Waals surface area contributed by atoms with E-state index in [2.05, 4.69) is 32.0 Å². The van der Waals surface area contributed by atoms with Gasteiger partial charge in [-0.2, -0.15) is 5.26 Å². The molecule has 0 heterocycles. The highest BCUT2D eigenvalue weighted by molar-refractivity contribution is 5.50. The molecule has 1 aromatic carbocycles. The summed E-state index contributed by atoms with van der Waals surface area (Å²) in [6.45, 7) is 6.19. The van der Waals surface area contributed by atoms with E-state index in [-0.39, 0.29) is 5.41 Å². The fourth-order valence-corrected chi connectivity index (χ4v) is 2.46. The molecule has 84 valence electrons. The number of hydrogen-bond acceptors (Lipinski definition) is 2. The van der Waals surface area contributed by atoms with Gasteiger partial charge in [0.15, 0.2) is 0 Å². The molecule has 0 N–H and O–H groups in total. The van der Waals surface area contributed by atoms with E-state index in [1.165, 1.54) is 16.7 Å². The predicted octanol–water partition coefficient (Wildman–Crippen LogP) is 3.33. The van der Waals surface area contributed by atoms with Crippen LogP contribution >= 0.6 is 0 Å². The van der Waals surface area contributed by atoms with Crippen LogP contribution in [-0.4, -0.2) is 7.11 Å². The molecule has 2 nitrogen and oxygen atoms in total. The summed E-state index contributed by atoms with van der Waals surface area (Å²) < 4.78 is 5.44. The molecule has 0 spiro atoms. The van der Waals surface area contributed by atoms with Gasteiger partial charge in [-0.05, 0) is 44.4 Å². The minimum absolute atomic E-state index is 0.187. The zero-order chi connectivity index (χ0) is 11.9. The van der Waals surface area contributed by atoms with Gasteiger partial charge in [0.1, 0.15) is 5.75 Å². The summed E-state index contributed by atoms with van der Waals surface area (Å²) >= 11 is 0. The van der Waals surface area contributed by atoms with Gasteiger partial charge in [-0.25, -0.2) is 0 Å². The van der Waals surface area contributed by atoms with Crippen molar-refractivity contribution in [1.82, 2.24) is 0 Å². The molecule has 2 atom stereocenters. The average molecular weight is 215 g/mol. The number of methoxy groups -OCH3 is 1. The van der Waals surface area contributed by atoms with Crippen LogP contribution in [0.5, 0.6) is 5.75 Å². The quantitative estimate of drug-likeness (QED) is 0.758. The van der Waals surface area contributed by atoms with Crippen molar-refractivity contribution in [3.05, 3.63) is 28.8 Å². The maximum Gasteiger partial charge on any atom is 0.122 e. The summed E-state index contributed by atoms with van der Waals surface area (Å²) in [7, 11) is 1.70. The van der Waals surface area contributed by atoms with E-state index in [0.717, 1.165) is 12.2 Å². The molecule has 1 fully saturated rings. The number of benzene rings is 1. The van der Waals surface area contributed by atoms with Crippen molar-refractivity contribution >= 4 is 0 Å². The van der Waals surface area contributed by atoms with Crippen LogP contribution in [0.4, 0.5) is 0 Å². The number of aryl methyl sites for hydroxylation is 2. The average Bonchev–Trinajstić information content (AvgIpc) is 2.90. The van der Waals surface area contributed by atoms with Gasteiger partial charge in [0.25, 0.3) is 0 Å². The third-order valence-corrected chi connectivity index (χ3v) is 3.55. The Morgan fingerprint density at radius 3 is 2.62 bits per heavy atom. The summed E-state index contributed by atoms with van der Waals surface area (Å²) in [4.78, 5) is 0. The molecule has 1 aliphatic rings. The molecule has 0 aliphatic heterocycles. The number of rotatable bonds is 2. The Labute approximate surface area is 96.9 Å². The Bertz CT molecular complexity index is 472. The largest absolute Gasteiger partial charge is 0.496 e.